The molecule has 1 aliphatic heterocycles. The number of fused-ring (bicyclic) bond motifs is 1. The van der Waals surface area contributed by atoms with E-state index in [1.54, 1.807) is 16.9 Å². The van der Waals surface area contributed by atoms with Gasteiger partial charge in [0.1, 0.15) is 0 Å². The first-order valence-electron chi connectivity index (χ1n) is 6.24. The molecule has 1 aliphatic rings. The lowest BCUT2D eigenvalue weighted by Gasteiger charge is -2.10. The molecular formula is C13H14N4O2. The zero-order valence-electron chi connectivity index (χ0n) is 10.3. The molecular weight excluding hydrogens is 244 g/mol. The second-order valence-corrected chi connectivity index (χ2v) is 4.60. The molecule has 6 nitrogen and oxygen atoms in total. The Kier molecular flexibility index (Phi) is 2.91. The molecule has 0 aliphatic carbocycles. The predicted octanol–water partition coefficient (Wildman–Crippen LogP) is 0.343. The van der Waals surface area contributed by atoms with E-state index in [1.165, 1.54) is 0 Å². The van der Waals surface area contributed by atoms with E-state index < -0.39 is 0 Å². The molecule has 2 amide bonds. The van der Waals surface area contributed by atoms with E-state index in [0.717, 1.165) is 11.9 Å². The number of nitrogens with zero attached hydrogens (tertiary/aromatic N) is 2. The maximum atomic E-state index is 12.1. The first kappa shape index (κ1) is 11.7. The second-order valence-electron chi connectivity index (χ2n) is 4.60. The number of aromatic nitrogens is 2. The van der Waals surface area contributed by atoms with Crippen molar-refractivity contribution in [2.45, 2.75) is 18.9 Å². The number of amides is 2. The average molecular weight is 258 g/mol. The lowest BCUT2D eigenvalue weighted by atomic mass is 10.2. The summed E-state index contributed by atoms with van der Waals surface area (Å²) >= 11 is 0. The van der Waals surface area contributed by atoms with E-state index in [9.17, 15) is 9.59 Å². The normalized spacial score (nSPS) is 18.5. The van der Waals surface area contributed by atoms with Crippen molar-refractivity contribution in [2.24, 2.45) is 0 Å². The summed E-state index contributed by atoms with van der Waals surface area (Å²) in [7, 11) is 0. The molecule has 6 heteroatoms. The molecule has 98 valence electrons. The van der Waals surface area contributed by atoms with E-state index >= 15 is 0 Å². The summed E-state index contributed by atoms with van der Waals surface area (Å²) < 4.78 is 1.66. The van der Waals surface area contributed by atoms with Crippen molar-refractivity contribution < 1.29 is 9.59 Å². The molecule has 3 heterocycles. The van der Waals surface area contributed by atoms with Crippen molar-refractivity contribution in [3.05, 3.63) is 36.2 Å². The van der Waals surface area contributed by atoms with Gasteiger partial charge in [-0.15, -0.1) is 0 Å². The minimum absolute atomic E-state index is 0.0401. The summed E-state index contributed by atoms with van der Waals surface area (Å²) in [6.07, 6.45) is 4.66. The Morgan fingerprint density at radius 2 is 2.42 bits per heavy atom. The van der Waals surface area contributed by atoms with E-state index in [1.807, 2.05) is 18.2 Å². The lowest BCUT2D eigenvalue weighted by molar-refractivity contribution is -0.119. The fourth-order valence-corrected chi connectivity index (χ4v) is 2.25. The molecule has 1 fully saturated rings. The highest BCUT2D eigenvalue weighted by Gasteiger charge is 2.21. The number of rotatable bonds is 3. The Morgan fingerprint density at radius 1 is 1.53 bits per heavy atom. The van der Waals surface area contributed by atoms with Crippen molar-refractivity contribution >= 4 is 17.3 Å². The Bertz CT molecular complexity index is 634. The third kappa shape index (κ3) is 2.29. The minimum Gasteiger partial charge on any atom is -0.352 e. The number of carbonyl (C=O) groups is 2. The number of pyridine rings is 1. The Labute approximate surface area is 109 Å². The van der Waals surface area contributed by atoms with Crippen LogP contribution >= 0.6 is 0 Å². The van der Waals surface area contributed by atoms with Gasteiger partial charge in [-0.25, -0.2) is 4.52 Å². The number of carbonyl (C=O) groups excluding carboxylic acids is 2. The third-order valence-electron chi connectivity index (χ3n) is 3.27. The highest BCUT2D eigenvalue weighted by molar-refractivity contribution is 6.00. The molecule has 19 heavy (non-hydrogen) atoms. The van der Waals surface area contributed by atoms with Crippen LogP contribution in [0.1, 0.15) is 23.2 Å². The molecule has 2 N–H and O–H groups in total. The molecule has 1 saturated heterocycles. The van der Waals surface area contributed by atoms with Gasteiger partial charge in [0.15, 0.2) is 0 Å². The summed E-state index contributed by atoms with van der Waals surface area (Å²) in [4.78, 5) is 23.1. The van der Waals surface area contributed by atoms with Crippen molar-refractivity contribution in [1.82, 2.24) is 20.2 Å². The largest absolute Gasteiger partial charge is 0.352 e. The average Bonchev–Trinajstić information content (AvgIpc) is 3.02. The van der Waals surface area contributed by atoms with Gasteiger partial charge in [0.25, 0.3) is 5.91 Å². The van der Waals surface area contributed by atoms with Crippen LogP contribution in [0.5, 0.6) is 0 Å². The van der Waals surface area contributed by atoms with Crippen molar-refractivity contribution in [2.75, 3.05) is 6.54 Å². The Balaban J connectivity index is 1.68. The first-order valence-corrected chi connectivity index (χ1v) is 6.24. The van der Waals surface area contributed by atoms with Gasteiger partial charge in [-0.3, -0.25) is 9.59 Å². The number of hydrogen-bond acceptors (Lipinski definition) is 3. The third-order valence-corrected chi connectivity index (χ3v) is 3.27. The minimum atomic E-state index is -0.164. The smallest absolute Gasteiger partial charge is 0.255 e. The molecule has 1 unspecified atom stereocenters. The maximum Gasteiger partial charge on any atom is 0.255 e. The van der Waals surface area contributed by atoms with E-state index in [-0.39, 0.29) is 17.9 Å². The van der Waals surface area contributed by atoms with Gasteiger partial charge in [0.2, 0.25) is 5.91 Å². The highest BCUT2D eigenvalue weighted by atomic mass is 16.2. The van der Waals surface area contributed by atoms with Crippen LogP contribution in [0.4, 0.5) is 0 Å². The molecule has 0 aromatic carbocycles. The van der Waals surface area contributed by atoms with Crippen LogP contribution in [-0.4, -0.2) is 34.0 Å². The summed E-state index contributed by atoms with van der Waals surface area (Å²) in [5.41, 5.74) is 1.32. The van der Waals surface area contributed by atoms with Crippen molar-refractivity contribution in [1.29, 1.82) is 0 Å². The van der Waals surface area contributed by atoms with Crippen LogP contribution in [0.15, 0.2) is 30.6 Å². The highest BCUT2D eigenvalue weighted by Crippen LogP contribution is 2.10. The van der Waals surface area contributed by atoms with Gasteiger partial charge in [0, 0.05) is 25.2 Å². The predicted molar refractivity (Wildman–Crippen MR) is 68.7 cm³/mol. The van der Waals surface area contributed by atoms with Crippen LogP contribution < -0.4 is 10.6 Å². The maximum absolute atomic E-state index is 12.1. The molecule has 2 aromatic rings. The fraction of sp³-hybridized carbons (Fsp3) is 0.308. The topological polar surface area (TPSA) is 75.5 Å². The van der Waals surface area contributed by atoms with Gasteiger partial charge in [-0.1, -0.05) is 6.07 Å². The van der Waals surface area contributed by atoms with Crippen molar-refractivity contribution in [3.8, 4) is 0 Å². The fourth-order valence-electron chi connectivity index (χ4n) is 2.25. The summed E-state index contributed by atoms with van der Waals surface area (Å²) in [6.45, 7) is 0.453. The monoisotopic (exact) mass is 258 g/mol. The van der Waals surface area contributed by atoms with Crippen LogP contribution in [0.2, 0.25) is 0 Å². The number of nitrogens with one attached hydrogen (secondary N) is 2. The molecule has 0 spiro atoms. The molecule has 2 aromatic heterocycles. The van der Waals surface area contributed by atoms with Gasteiger partial charge in [-0.2, -0.15) is 5.10 Å². The van der Waals surface area contributed by atoms with Crippen LogP contribution in [0.25, 0.3) is 5.52 Å². The zero-order valence-corrected chi connectivity index (χ0v) is 10.3. The van der Waals surface area contributed by atoms with Crippen LogP contribution in [-0.2, 0) is 4.79 Å². The Hall–Kier alpha value is -2.37. The van der Waals surface area contributed by atoms with Crippen molar-refractivity contribution in [3.63, 3.8) is 0 Å². The SMILES string of the molecule is O=C1CCC(CNC(=O)c2cnn3ccccc23)N1. The van der Waals surface area contributed by atoms with Gasteiger partial charge >= 0.3 is 0 Å². The van der Waals surface area contributed by atoms with Crippen LogP contribution in [0, 0.1) is 0 Å². The van der Waals surface area contributed by atoms with Gasteiger partial charge < -0.3 is 10.6 Å². The summed E-state index contributed by atoms with van der Waals surface area (Å²) in [6, 6.07) is 5.61. The standard InChI is InChI=1S/C13H14N4O2/c18-12-5-4-9(16-12)7-14-13(19)10-8-15-17-6-2-1-3-11(10)17/h1-3,6,8-9H,4-5,7H2,(H,14,19)(H,16,18). The summed E-state index contributed by atoms with van der Waals surface area (Å²) in [5.74, 6) is -0.113. The van der Waals surface area contributed by atoms with Crippen LogP contribution in [0.3, 0.4) is 0 Å². The van der Waals surface area contributed by atoms with Gasteiger partial charge in [-0.05, 0) is 18.6 Å². The second kappa shape index (κ2) is 4.72. The molecule has 0 bridgehead atoms. The lowest BCUT2D eigenvalue weighted by Crippen LogP contribution is -2.38. The molecule has 0 radical (unpaired) electrons. The molecule has 1 atom stereocenters. The van der Waals surface area contributed by atoms with E-state index in [0.29, 0.717) is 18.5 Å². The molecule has 3 rings (SSSR count). The number of hydrogen-bond donors (Lipinski definition) is 2. The first-order chi connectivity index (χ1) is 9.24. The zero-order chi connectivity index (χ0) is 13.2. The quantitative estimate of drug-likeness (QED) is 0.833. The van der Waals surface area contributed by atoms with Gasteiger partial charge in [0.05, 0.1) is 17.3 Å². The Morgan fingerprint density at radius 3 is 3.21 bits per heavy atom. The van der Waals surface area contributed by atoms with E-state index in [4.69, 9.17) is 0 Å². The van der Waals surface area contributed by atoms with E-state index in [2.05, 4.69) is 15.7 Å². The summed E-state index contributed by atoms with van der Waals surface area (Å²) in [5, 5.41) is 9.77. The molecule has 0 saturated carbocycles.